The lowest BCUT2D eigenvalue weighted by atomic mass is 10.3. The molecule has 7 heteroatoms. The van der Waals surface area contributed by atoms with Gasteiger partial charge in [0.05, 0.1) is 19.8 Å². The maximum absolute atomic E-state index is 11.2. The van der Waals surface area contributed by atoms with Gasteiger partial charge in [0.25, 0.3) is 10.1 Å². The maximum atomic E-state index is 11.2. The summed E-state index contributed by atoms with van der Waals surface area (Å²) < 4.78 is 32.1. The fourth-order valence-electron chi connectivity index (χ4n) is 1.24. The van der Waals surface area contributed by atoms with E-state index in [9.17, 15) is 13.2 Å². The van der Waals surface area contributed by atoms with E-state index in [0.717, 1.165) is 6.08 Å². The molecule has 1 aliphatic rings. The highest BCUT2D eigenvalue weighted by Crippen LogP contribution is 2.17. The van der Waals surface area contributed by atoms with Crippen molar-refractivity contribution in [2.75, 3.05) is 26.4 Å². The molecule has 1 rings (SSSR count). The number of carbonyl (C=O) groups excluding carboxylic acids is 1. The fourth-order valence-corrected chi connectivity index (χ4v) is 2.41. The van der Waals surface area contributed by atoms with Gasteiger partial charge in [-0.25, -0.2) is 0 Å². The normalized spacial score (nSPS) is 22.9. The summed E-state index contributed by atoms with van der Waals surface area (Å²) in [6, 6.07) is 0. The highest BCUT2D eigenvalue weighted by molar-refractivity contribution is 7.87. The van der Waals surface area contributed by atoms with Gasteiger partial charge in [-0.05, 0) is 12.5 Å². The predicted molar refractivity (Wildman–Crippen MR) is 57.3 cm³/mol. The summed E-state index contributed by atoms with van der Waals surface area (Å²) in [5.74, 6) is -0.277. The predicted octanol–water partition coefficient (Wildman–Crippen LogP) is -0.576. The van der Waals surface area contributed by atoms with E-state index < -0.39 is 15.4 Å². The van der Waals surface area contributed by atoms with Gasteiger partial charge in [0.15, 0.2) is 0 Å². The van der Waals surface area contributed by atoms with Gasteiger partial charge in [0.1, 0.15) is 5.25 Å². The van der Waals surface area contributed by atoms with Crippen molar-refractivity contribution >= 4 is 16.0 Å². The lowest BCUT2D eigenvalue weighted by Gasteiger charge is -2.08. The van der Waals surface area contributed by atoms with E-state index in [1.54, 1.807) is 0 Å². The third-order valence-electron chi connectivity index (χ3n) is 2.13. The number of hydrogen-bond acceptors (Lipinski definition) is 5. The highest BCUT2D eigenvalue weighted by atomic mass is 32.2. The summed E-state index contributed by atoms with van der Waals surface area (Å²) in [6.07, 6.45) is 1.62. The molecule has 1 amide bonds. The molecule has 1 fully saturated rings. The Morgan fingerprint density at radius 2 is 2.38 bits per heavy atom. The van der Waals surface area contributed by atoms with Gasteiger partial charge in [0.2, 0.25) is 5.91 Å². The minimum Gasteiger partial charge on any atom is -0.378 e. The minimum absolute atomic E-state index is 0.103. The van der Waals surface area contributed by atoms with E-state index in [-0.39, 0.29) is 25.7 Å². The lowest BCUT2D eigenvalue weighted by Crippen LogP contribution is -2.28. The van der Waals surface area contributed by atoms with Crippen molar-refractivity contribution in [1.29, 1.82) is 0 Å². The van der Waals surface area contributed by atoms with Crippen LogP contribution >= 0.6 is 0 Å². The van der Waals surface area contributed by atoms with Gasteiger partial charge in [-0.15, -0.1) is 0 Å². The molecule has 6 nitrogen and oxygen atoms in total. The first-order valence-electron chi connectivity index (χ1n) is 4.92. The molecule has 0 radical (unpaired) electrons. The van der Waals surface area contributed by atoms with E-state index in [2.05, 4.69) is 16.1 Å². The van der Waals surface area contributed by atoms with Gasteiger partial charge >= 0.3 is 0 Å². The largest absolute Gasteiger partial charge is 0.378 e. The van der Waals surface area contributed by atoms with Crippen LogP contribution in [0, 0.1) is 0 Å². The number of hydrogen-bond donors (Lipinski definition) is 1. The molecule has 1 N–H and O–H groups in total. The molecular formula is C9H15NO5S. The van der Waals surface area contributed by atoms with Crippen LogP contribution in [0.15, 0.2) is 12.7 Å². The second-order valence-corrected chi connectivity index (χ2v) is 5.18. The molecule has 1 atom stereocenters. The molecule has 1 heterocycles. The topological polar surface area (TPSA) is 81.7 Å². The Hall–Kier alpha value is -0.920. The van der Waals surface area contributed by atoms with Gasteiger partial charge in [0, 0.05) is 6.54 Å². The van der Waals surface area contributed by atoms with Crippen LogP contribution in [-0.2, 0) is 23.8 Å². The van der Waals surface area contributed by atoms with Crippen LogP contribution in [0.2, 0.25) is 0 Å². The molecule has 1 saturated heterocycles. The van der Waals surface area contributed by atoms with E-state index in [1.807, 2.05) is 0 Å². The standard InChI is InChI=1S/C9H15NO5S/c1-2-9(11)10-4-6-14-7-8-3-5-15-16(8,12)13/h2,8H,1,3-7H2,(H,10,11). The maximum Gasteiger partial charge on any atom is 0.272 e. The van der Waals surface area contributed by atoms with Gasteiger partial charge in [-0.2, -0.15) is 8.42 Å². The molecular weight excluding hydrogens is 234 g/mol. The Morgan fingerprint density at radius 3 is 2.94 bits per heavy atom. The molecule has 0 saturated carbocycles. The Morgan fingerprint density at radius 1 is 1.62 bits per heavy atom. The second-order valence-electron chi connectivity index (χ2n) is 3.30. The number of amides is 1. The molecule has 0 aromatic carbocycles. The Kier molecular flexibility index (Phi) is 4.91. The van der Waals surface area contributed by atoms with Crippen molar-refractivity contribution in [2.24, 2.45) is 0 Å². The number of ether oxygens (including phenoxy) is 1. The van der Waals surface area contributed by atoms with E-state index in [1.165, 1.54) is 0 Å². The summed E-state index contributed by atoms with van der Waals surface area (Å²) in [5.41, 5.74) is 0. The van der Waals surface area contributed by atoms with Gasteiger partial charge < -0.3 is 10.1 Å². The first-order chi connectivity index (χ1) is 7.56. The summed E-state index contributed by atoms with van der Waals surface area (Å²) >= 11 is 0. The van der Waals surface area contributed by atoms with Gasteiger partial charge in [-0.3, -0.25) is 8.98 Å². The first-order valence-corrected chi connectivity index (χ1v) is 6.39. The van der Waals surface area contributed by atoms with Crippen LogP contribution in [0.3, 0.4) is 0 Å². The van der Waals surface area contributed by atoms with Crippen LogP contribution in [-0.4, -0.2) is 45.9 Å². The zero-order chi connectivity index (χ0) is 12.0. The van der Waals surface area contributed by atoms with Crippen molar-refractivity contribution in [3.63, 3.8) is 0 Å². The van der Waals surface area contributed by atoms with E-state index in [0.29, 0.717) is 13.0 Å². The zero-order valence-electron chi connectivity index (χ0n) is 8.85. The molecule has 1 unspecified atom stereocenters. The van der Waals surface area contributed by atoms with Crippen molar-refractivity contribution in [3.8, 4) is 0 Å². The van der Waals surface area contributed by atoms with Crippen LogP contribution in [0.5, 0.6) is 0 Å². The third-order valence-corrected chi connectivity index (χ3v) is 3.81. The summed E-state index contributed by atoms with van der Waals surface area (Å²) in [6.45, 7) is 4.22. The third kappa shape index (κ3) is 3.92. The molecule has 0 aromatic heterocycles. The van der Waals surface area contributed by atoms with Crippen molar-refractivity contribution in [3.05, 3.63) is 12.7 Å². The molecule has 16 heavy (non-hydrogen) atoms. The van der Waals surface area contributed by atoms with Crippen LogP contribution in [0.25, 0.3) is 0 Å². The molecule has 0 aliphatic carbocycles. The van der Waals surface area contributed by atoms with E-state index in [4.69, 9.17) is 4.74 Å². The SMILES string of the molecule is C=CC(=O)NCCOCC1CCOS1(=O)=O. The average molecular weight is 249 g/mol. The number of nitrogens with one attached hydrogen (secondary N) is 1. The Bertz CT molecular complexity index is 351. The minimum atomic E-state index is -3.42. The quantitative estimate of drug-likeness (QED) is 0.387. The van der Waals surface area contributed by atoms with Crippen LogP contribution in [0.1, 0.15) is 6.42 Å². The molecule has 0 aromatic rings. The Balaban J connectivity index is 2.12. The summed E-state index contributed by atoms with van der Waals surface area (Å²) in [4.78, 5) is 10.7. The molecule has 1 aliphatic heterocycles. The Labute approximate surface area is 94.7 Å². The van der Waals surface area contributed by atoms with Crippen LogP contribution < -0.4 is 5.32 Å². The monoisotopic (exact) mass is 249 g/mol. The fraction of sp³-hybridized carbons (Fsp3) is 0.667. The molecule has 0 spiro atoms. The van der Waals surface area contributed by atoms with Crippen molar-refractivity contribution in [1.82, 2.24) is 5.32 Å². The number of carbonyl (C=O) groups is 1. The summed E-state index contributed by atoms with van der Waals surface area (Å²) in [5, 5.41) is 1.93. The number of rotatable bonds is 6. The second kappa shape index (κ2) is 5.97. The first kappa shape index (κ1) is 13.1. The van der Waals surface area contributed by atoms with Gasteiger partial charge in [-0.1, -0.05) is 6.58 Å². The van der Waals surface area contributed by atoms with Crippen LogP contribution in [0.4, 0.5) is 0 Å². The van der Waals surface area contributed by atoms with Crippen molar-refractivity contribution < 1.29 is 22.1 Å². The highest BCUT2D eigenvalue weighted by Gasteiger charge is 2.32. The molecule has 0 bridgehead atoms. The zero-order valence-corrected chi connectivity index (χ0v) is 9.66. The smallest absolute Gasteiger partial charge is 0.272 e. The lowest BCUT2D eigenvalue weighted by molar-refractivity contribution is -0.116. The average Bonchev–Trinajstić information content (AvgIpc) is 2.57. The molecule has 92 valence electrons. The van der Waals surface area contributed by atoms with Crippen molar-refractivity contribution in [2.45, 2.75) is 11.7 Å². The summed E-state index contributed by atoms with van der Waals surface area (Å²) in [7, 11) is -3.42. The van der Waals surface area contributed by atoms with E-state index >= 15 is 0 Å².